The summed E-state index contributed by atoms with van der Waals surface area (Å²) in [5.41, 5.74) is 3.36. The summed E-state index contributed by atoms with van der Waals surface area (Å²) in [5.74, 6) is -1.44. The van der Waals surface area contributed by atoms with E-state index in [1.807, 2.05) is 55.4 Å². The van der Waals surface area contributed by atoms with Gasteiger partial charge in [-0.25, -0.2) is 0 Å². The highest BCUT2D eigenvalue weighted by Gasteiger charge is 2.47. The number of carbonyl (C=O) groups excluding carboxylic acids is 2. The number of halogens is 1. The molecular formula is C28H24ClN3O4. The Kier molecular flexibility index (Phi) is 5.94. The number of fused-ring (bicyclic) bond motifs is 1. The number of carbonyl (C=O) groups is 2. The summed E-state index contributed by atoms with van der Waals surface area (Å²) >= 11 is 6.17. The first-order valence-corrected chi connectivity index (χ1v) is 11.7. The molecule has 1 fully saturated rings. The number of H-pyrrole nitrogens is 1. The van der Waals surface area contributed by atoms with Crippen molar-refractivity contribution < 1.29 is 19.4 Å². The Balaban J connectivity index is 1.74. The second-order valence-electron chi connectivity index (χ2n) is 8.72. The first kappa shape index (κ1) is 23.5. The first-order valence-electron chi connectivity index (χ1n) is 11.3. The standard InChI is InChI=1S/C28H24ClN3O4/c1-31(2)17-9-11-18(12-10-17)32-25(20-15-30-22-7-5-4-6-19(20)22)24(27(34)28(32)35)26(33)16-8-13-21(29)23(14-16)36-3/h4-15,25,30,33H,1-3H3/b26-24+. The monoisotopic (exact) mass is 501 g/mol. The molecule has 1 aliphatic heterocycles. The minimum absolute atomic E-state index is 0.00850. The molecule has 1 aliphatic rings. The number of ether oxygens (including phenoxy) is 1. The third-order valence-corrected chi connectivity index (χ3v) is 6.74. The van der Waals surface area contributed by atoms with Crippen molar-refractivity contribution in [1.29, 1.82) is 0 Å². The molecule has 5 rings (SSSR count). The van der Waals surface area contributed by atoms with Crippen LogP contribution in [0.25, 0.3) is 16.7 Å². The van der Waals surface area contributed by atoms with Gasteiger partial charge in [0.15, 0.2) is 0 Å². The van der Waals surface area contributed by atoms with Crippen LogP contribution in [0, 0.1) is 0 Å². The number of para-hydroxylation sites is 1. The van der Waals surface area contributed by atoms with Crippen LogP contribution in [-0.2, 0) is 9.59 Å². The lowest BCUT2D eigenvalue weighted by Gasteiger charge is -2.25. The molecule has 8 heteroatoms. The maximum Gasteiger partial charge on any atom is 0.300 e. The number of hydrogen-bond donors (Lipinski definition) is 2. The summed E-state index contributed by atoms with van der Waals surface area (Å²) in [6.07, 6.45) is 1.78. The van der Waals surface area contributed by atoms with Gasteiger partial charge in [-0.05, 0) is 48.5 Å². The van der Waals surface area contributed by atoms with Crippen LogP contribution < -0.4 is 14.5 Å². The van der Waals surface area contributed by atoms with E-state index >= 15 is 0 Å². The van der Waals surface area contributed by atoms with Gasteiger partial charge in [-0.1, -0.05) is 29.8 Å². The first-order chi connectivity index (χ1) is 17.3. The van der Waals surface area contributed by atoms with E-state index in [-0.39, 0.29) is 11.3 Å². The predicted octanol–water partition coefficient (Wildman–Crippen LogP) is 5.52. The average Bonchev–Trinajstić information content (AvgIpc) is 3.42. The van der Waals surface area contributed by atoms with E-state index < -0.39 is 17.7 Å². The van der Waals surface area contributed by atoms with Crippen molar-refractivity contribution >= 4 is 51.3 Å². The van der Waals surface area contributed by atoms with Gasteiger partial charge in [-0.3, -0.25) is 14.5 Å². The molecule has 1 saturated heterocycles. The number of hydrogen-bond acceptors (Lipinski definition) is 5. The van der Waals surface area contributed by atoms with Gasteiger partial charge < -0.3 is 19.7 Å². The highest BCUT2D eigenvalue weighted by Crippen LogP contribution is 2.45. The summed E-state index contributed by atoms with van der Waals surface area (Å²) in [4.78, 5) is 33.5. The molecule has 1 atom stereocenters. The lowest BCUT2D eigenvalue weighted by molar-refractivity contribution is -0.132. The highest BCUT2D eigenvalue weighted by molar-refractivity contribution is 6.52. The number of amides is 1. The van der Waals surface area contributed by atoms with E-state index in [1.54, 1.807) is 36.5 Å². The van der Waals surface area contributed by atoms with Gasteiger partial charge in [-0.2, -0.15) is 0 Å². The van der Waals surface area contributed by atoms with Crippen molar-refractivity contribution in [2.75, 3.05) is 31.0 Å². The van der Waals surface area contributed by atoms with Crippen molar-refractivity contribution in [3.8, 4) is 5.75 Å². The molecule has 0 saturated carbocycles. The molecule has 1 unspecified atom stereocenters. The van der Waals surface area contributed by atoms with Crippen molar-refractivity contribution in [1.82, 2.24) is 4.98 Å². The predicted molar refractivity (Wildman–Crippen MR) is 142 cm³/mol. The van der Waals surface area contributed by atoms with Crippen molar-refractivity contribution in [3.05, 3.63) is 94.6 Å². The Morgan fingerprint density at radius 1 is 1.06 bits per heavy atom. The Labute approximate surface area is 213 Å². The number of benzene rings is 3. The van der Waals surface area contributed by atoms with Crippen molar-refractivity contribution in [2.24, 2.45) is 0 Å². The molecule has 0 bridgehead atoms. The number of methoxy groups -OCH3 is 1. The van der Waals surface area contributed by atoms with Crippen molar-refractivity contribution in [3.63, 3.8) is 0 Å². The minimum Gasteiger partial charge on any atom is -0.507 e. The van der Waals surface area contributed by atoms with Gasteiger partial charge in [0.25, 0.3) is 11.7 Å². The smallest absolute Gasteiger partial charge is 0.300 e. The van der Waals surface area contributed by atoms with E-state index in [2.05, 4.69) is 4.98 Å². The maximum absolute atomic E-state index is 13.5. The van der Waals surface area contributed by atoms with Gasteiger partial charge in [0.05, 0.1) is 23.7 Å². The van der Waals surface area contributed by atoms with Crippen LogP contribution in [0.4, 0.5) is 11.4 Å². The van der Waals surface area contributed by atoms with Gasteiger partial charge >= 0.3 is 0 Å². The second kappa shape index (κ2) is 9.09. The van der Waals surface area contributed by atoms with Crippen molar-refractivity contribution in [2.45, 2.75) is 6.04 Å². The van der Waals surface area contributed by atoms with Crippen LogP contribution in [0.1, 0.15) is 17.2 Å². The molecule has 0 radical (unpaired) electrons. The lowest BCUT2D eigenvalue weighted by Crippen LogP contribution is -2.29. The second-order valence-corrected chi connectivity index (χ2v) is 9.13. The fourth-order valence-electron chi connectivity index (χ4n) is 4.59. The zero-order valence-corrected chi connectivity index (χ0v) is 20.7. The molecule has 1 aromatic heterocycles. The summed E-state index contributed by atoms with van der Waals surface area (Å²) in [6, 6.07) is 18.8. The molecule has 2 N–H and O–H groups in total. The van der Waals surface area contributed by atoms with E-state index in [9.17, 15) is 14.7 Å². The van der Waals surface area contributed by atoms with Gasteiger partial charge in [0, 0.05) is 53.7 Å². The molecule has 0 spiro atoms. The number of aromatic amines is 1. The van der Waals surface area contributed by atoms with E-state index in [0.29, 0.717) is 27.6 Å². The normalized spacial score (nSPS) is 17.1. The zero-order valence-electron chi connectivity index (χ0n) is 19.9. The largest absolute Gasteiger partial charge is 0.507 e. The van der Waals surface area contributed by atoms with Crippen LogP contribution >= 0.6 is 11.6 Å². The number of Topliss-reactive ketones (excluding diaryl/α,β-unsaturated/α-hetero) is 1. The van der Waals surface area contributed by atoms with E-state index in [0.717, 1.165) is 16.6 Å². The zero-order chi connectivity index (χ0) is 25.6. The molecular weight excluding hydrogens is 478 g/mol. The Hall–Kier alpha value is -4.23. The number of rotatable bonds is 5. The SMILES string of the molecule is COc1cc(/C(O)=C2\C(=O)C(=O)N(c3ccc(N(C)C)cc3)C2c2c[nH]c3ccccc23)ccc1Cl. The summed E-state index contributed by atoms with van der Waals surface area (Å²) < 4.78 is 5.29. The number of aliphatic hydroxyl groups is 1. The minimum atomic E-state index is -0.854. The number of nitrogens with zero attached hydrogens (tertiary/aromatic N) is 2. The molecule has 2 heterocycles. The summed E-state index contributed by atoms with van der Waals surface area (Å²) in [5, 5.41) is 12.6. The molecule has 7 nitrogen and oxygen atoms in total. The van der Waals surface area contributed by atoms with Crippen LogP contribution in [-0.4, -0.2) is 43.0 Å². The van der Waals surface area contributed by atoms with Gasteiger partial charge in [0.1, 0.15) is 11.5 Å². The topological polar surface area (TPSA) is 85.9 Å². The third kappa shape index (κ3) is 3.78. The number of anilines is 2. The fraction of sp³-hybridized carbons (Fsp3) is 0.143. The van der Waals surface area contributed by atoms with Crippen LogP contribution in [0.3, 0.4) is 0 Å². The Bertz CT molecular complexity index is 1520. The number of aliphatic hydroxyl groups excluding tert-OH is 1. The number of aromatic nitrogens is 1. The van der Waals surface area contributed by atoms with E-state index in [1.165, 1.54) is 12.0 Å². The fourth-order valence-corrected chi connectivity index (χ4v) is 4.78. The van der Waals surface area contributed by atoms with Crippen LogP contribution in [0.5, 0.6) is 5.75 Å². The van der Waals surface area contributed by atoms with E-state index in [4.69, 9.17) is 16.3 Å². The molecule has 1 amide bonds. The summed E-state index contributed by atoms with van der Waals surface area (Å²) in [7, 11) is 5.31. The number of nitrogens with one attached hydrogen (secondary N) is 1. The van der Waals surface area contributed by atoms with Gasteiger partial charge in [-0.15, -0.1) is 0 Å². The van der Waals surface area contributed by atoms with Crippen LogP contribution in [0.2, 0.25) is 5.02 Å². The van der Waals surface area contributed by atoms with Crippen LogP contribution in [0.15, 0.2) is 78.5 Å². The maximum atomic E-state index is 13.5. The third-order valence-electron chi connectivity index (χ3n) is 6.43. The molecule has 182 valence electrons. The highest BCUT2D eigenvalue weighted by atomic mass is 35.5. The number of ketones is 1. The summed E-state index contributed by atoms with van der Waals surface area (Å²) in [6.45, 7) is 0. The molecule has 36 heavy (non-hydrogen) atoms. The Morgan fingerprint density at radius 3 is 2.47 bits per heavy atom. The van der Waals surface area contributed by atoms with Gasteiger partial charge in [0.2, 0.25) is 0 Å². The molecule has 3 aromatic carbocycles. The average molecular weight is 502 g/mol. The lowest BCUT2D eigenvalue weighted by atomic mass is 9.94. The quantitative estimate of drug-likeness (QED) is 0.213. The molecule has 4 aromatic rings. The Morgan fingerprint density at radius 2 is 1.78 bits per heavy atom. The molecule has 0 aliphatic carbocycles.